The topological polar surface area (TPSA) is 129 Å². The number of hydrogen-bond donors (Lipinski definition) is 0. The molecule has 438 valence electrons. The predicted octanol–water partition coefficient (Wildman–Crippen LogP) is 21.7. The van der Waals surface area contributed by atoms with Crippen LogP contribution in [0, 0.1) is 73.0 Å². The van der Waals surface area contributed by atoms with E-state index in [2.05, 4.69) is 173 Å². The summed E-state index contributed by atoms with van der Waals surface area (Å²) in [6, 6.07) is 72.3. The highest BCUT2D eigenvalue weighted by Crippen LogP contribution is 2.71. The lowest BCUT2D eigenvalue weighted by molar-refractivity contribution is 0.103. The van der Waals surface area contributed by atoms with Gasteiger partial charge in [0.05, 0.1) is 39.7 Å². The molecule has 4 aliphatic carbocycles. The Morgan fingerprint density at radius 2 is 0.685 bits per heavy atom. The molecule has 0 saturated heterocycles. The third-order valence-corrected chi connectivity index (χ3v) is 25.7. The zero-order valence-corrected chi connectivity index (χ0v) is 55.4. The van der Waals surface area contributed by atoms with Gasteiger partial charge in [-0.25, -0.2) is 0 Å². The number of aryl methyl sites for hydroxylation is 4. The van der Waals surface area contributed by atoms with Gasteiger partial charge in [-0.1, -0.05) is 182 Å². The van der Waals surface area contributed by atoms with Gasteiger partial charge in [0.2, 0.25) is 0 Å². The van der Waals surface area contributed by atoms with Crippen LogP contribution in [0.25, 0.3) is 71.7 Å². The summed E-state index contributed by atoms with van der Waals surface area (Å²) in [5.41, 5.74) is 16.5. The Bertz CT molecular complexity index is 5010. The minimum absolute atomic E-state index is 0.0844. The third kappa shape index (κ3) is 8.54. The first-order chi connectivity index (χ1) is 44.9. The van der Waals surface area contributed by atoms with Gasteiger partial charge in [0.25, 0.3) is 0 Å². The number of Topliss-reactive ketones (excluding diaryl/α,β-unsaturated/α-hetero) is 2. The summed E-state index contributed by atoms with van der Waals surface area (Å²) >= 11 is 10.7. The van der Waals surface area contributed by atoms with Crippen molar-refractivity contribution in [3.63, 3.8) is 0 Å². The molecule has 0 N–H and O–H groups in total. The molecule has 6 nitrogen and oxygen atoms in total. The van der Waals surface area contributed by atoms with Gasteiger partial charge in [-0.2, -0.15) is 21.0 Å². The van der Waals surface area contributed by atoms with Gasteiger partial charge in [0.1, 0.15) is 35.4 Å². The highest BCUT2D eigenvalue weighted by atomic mass is 32.1. The number of benzene rings is 6. The van der Waals surface area contributed by atoms with Crippen molar-refractivity contribution in [2.75, 3.05) is 0 Å². The van der Waals surface area contributed by atoms with Gasteiger partial charge in [0, 0.05) is 73.8 Å². The third-order valence-electron chi connectivity index (χ3n) is 18.1. The maximum absolute atomic E-state index is 14.1. The van der Waals surface area contributed by atoms with Crippen molar-refractivity contribution in [2.24, 2.45) is 0 Å². The van der Waals surface area contributed by atoms with Gasteiger partial charge in [-0.15, -0.1) is 68.0 Å². The number of carbonyl (C=O) groups excluding carboxylic acids is 2. The number of rotatable bonds is 8. The lowest BCUT2D eigenvalue weighted by Crippen LogP contribution is -2.28. The van der Waals surface area contributed by atoms with Crippen LogP contribution in [0.2, 0.25) is 0 Å². The Hall–Kier alpha value is -9.96. The van der Waals surface area contributed by atoms with Crippen LogP contribution in [0.5, 0.6) is 0 Å². The van der Waals surface area contributed by atoms with Gasteiger partial charge in [-0.05, 0) is 121 Å². The maximum atomic E-state index is 14.1. The quantitative estimate of drug-likeness (QED) is 0.110. The van der Waals surface area contributed by atoms with Crippen LogP contribution in [0.15, 0.2) is 204 Å². The summed E-state index contributed by atoms with van der Waals surface area (Å²) in [6.45, 7) is 12.6. The molecule has 6 aromatic heterocycles. The molecule has 0 amide bonds. The summed E-state index contributed by atoms with van der Waals surface area (Å²) < 4.78 is 2.54. The van der Waals surface area contributed by atoms with E-state index in [9.17, 15) is 30.6 Å². The number of carbonyl (C=O) groups is 2. The number of ketones is 2. The number of nitriles is 4. The molecule has 0 atom stereocenters. The summed E-state index contributed by atoms with van der Waals surface area (Å²) in [7, 11) is 0. The van der Waals surface area contributed by atoms with Crippen molar-refractivity contribution < 1.29 is 9.59 Å². The zero-order valence-electron chi connectivity index (χ0n) is 50.5. The molecule has 92 heavy (non-hydrogen) atoms. The van der Waals surface area contributed by atoms with E-state index in [1.165, 1.54) is 95.7 Å². The minimum Gasteiger partial charge on any atom is -0.289 e. The Balaban J connectivity index is 0.00000348. The molecule has 6 aromatic carbocycles. The average molecular weight is 1290 g/mol. The molecule has 12 aromatic rings. The van der Waals surface area contributed by atoms with Crippen LogP contribution in [-0.4, -0.2) is 11.6 Å². The van der Waals surface area contributed by atoms with E-state index < -0.39 is 10.8 Å². The normalized spacial score (nSPS) is 15.0. The van der Waals surface area contributed by atoms with Crippen LogP contribution in [-0.2, 0) is 10.8 Å². The fourth-order valence-electron chi connectivity index (χ4n) is 14.0. The van der Waals surface area contributed by atoms with Crippen LogP contribution in [0.1, 0.15) is 122 Å². The summed E-state index contributed by atoms with van der Waals surface area (Å²) in [6.07, 6.45) is 3.70. The Morgan fingerprint density at radius 3 is 1.00 bits per heavy atom. The molecule has 0 spiro atoms. The van der Waals surface area contributed by atoms with Crippen LogP contribution >= 0.6 is 68.0 Å². The molecule has 6 heterocycles. The molecule has 12 heteroatoms. The monoisotopic (exact) mass is 1290 g/mol. The standard InChI is InChI=1S/C78H44N4O2S6.C2H6/c1-41-13-21-47(22-14-41)77(48-23-15-42(2)16-24-48)59-35-63(61-31-29-51(85-61)33-57-65(45(37-79)38-80)53-9-5-7-11-55(53)69(57)83)87-71(59)73-67(77)75-76(89-73)68-74(90-75)72-60(78(68,49-25-17-43(3)18-26-49)50-27-19-44(4)20-28-50)36-64(88-72)62-32-30-52(86-62)34-58-66(46(39-81)40-82)54-10-6-8-12-56(54)70(58)84;1-2/h5-36H,1-4H3;1-2H3/b57-33-,58-34-;. The fraction of sp³-hybridized carbons (Fsp3) is 0.100. The number of allylic oxidation sites excluding steroid dienone is 6. The largest absolute Gasteiger partial charge is 0.289 e. The van der Waals surface area contributed by atoms with Crippen molar-refractivity contribution in [3.8, 4) is 63.3 Å². The van der Waals surface area contributed by atoms with Crippen molar-refractivity contribution in [3.05, 3.63) is 303 Å². The van der Waals surface area contributed by atoms with Gasteiger partial charge < -0.3 is 0 Å². The molecule has 0 bridgehead atoms. The second-order valence-electron chi connectivity index (χ2n) is 23.2. The van der Waals surface area contributed by atoms with Crippen molar-refractivity contribution in [1.82, 2.24) is 0 Å². The number of nitrogens with zero attached hydrogens (tertiary/aromatic N) is 4. The Morgan fingerprint density at radius 1 is 0.370 bits per heavy atom. The number of thiophene rings is 6. The maximum Gasteiger partial charge on any atom is 0.194 e. The van der Waals surface area contributed by atoms with Crippen LogP contribution in [0.4, 0.5) is 0 Å². The first-order valence-electron chi connectivity index (χ1n) is 30.1. The number of fused-ring (bicyclic) bond motifs is 11. The van der Waals surface area contributed by atoms with E-state index in [0.717, 1.165) is 29.3 Å². The average Bonchev–Trinajstić information content (AvgIpc) is 1.49. The Labute approximate surface area is 557 Å². The van der Waals surface area contributed by atoms with Crippen molar-refractivity contribution in [2.45, 2.75) is 52.4 Å². The highest BCUT2D eigenvalue weighted by Gasteiger charge is 2.55. The molecule has 16 rings (SSSR count). The molecular formula is C80H50N4O2S6. The molecule has 0 aliphatic heterocycles. The summed E-state index contributed by atoms with van der Waals surface area (Å²) in [5, 5.41) is 40.4. The van der Waals surface area contributed by atoms with E-state index in [1.807, 2.05) is 120 Å². The predicted molar refractivity (Wildman–Crippen MR) is 381 cm³/mol. The zero-order chi connectivity index (χ0) is 63.5. The van der Waals surface area contributed by atoms with Crippen LogP contribution in [0.3, 0.4) is 0 Å². The van der Waals surface area contributed by atoms with Crippen molar-refractivity contribution >= 4 is 112 Å². The van der Waals surface area contributed by atoms with E-state index in [0.29, 0.717) is 44.5 Å². The lowest BCUT2D eigenvalue weighted by atomic mass is 9.67. The minimum atomic E-state index is -0.730. The molecule has 4 aliphatic rings. The lowest BCUT2D eigenvalue weighted by Gasteiger charge is -2.34. The summed E-state index contributed by atoms with van der Waals surface area (Å²) in [4.78, 5) is 39.2. The Kier molecular flexibility index (Phi) is 14.3. The first-order valence-corrected chi connectivity index (χ1v) is 35.0. The van der Waals surface area contributed by atoms with Crippen molar-refractivity contribution in [1.29, 1.82) is 21.0 Å². The highest BCUT2D eigenvalue weighted by molar-refractivity contribution is 7.35. The summed E-state index contributed by atoms with van der Waals surface area (Å²) in [5.74, 6) is -0.400. The second-order valence-corrected chi connectivity index (χ2v) is 29.5. The SMILES string of the molecule is CC.Cc1ccc(C2(c3ccc(C)cc3)c3cc(-c4ccc(/C=C5\C(=O)c6ccccc6C5=C(C#N)C#N)s4)sc3-c3sc4c5c(sc4c32)-c2sc(-c3ccc(/C=C4\C(=O)c6ccccc6C4=C(C#N)C#N)s3)cc2C5(c2ccc(C)cc2)c2ccc(C)cc2)cc1. The molecular weight excluding hydrogens is 1240 g/mol. The fourth-order valence-corrected chi connectivity index (χ4v) is 21.9. The van der Waals surface area contributed by atoms with E-state index in [4.69, 9.17) is 0 Å². The van der Waals surface area contributed by atoms with E-state index >= 15 is 0 Å². The van der Waals surface area contributed by atoms with Gasteiger partial charge in [-0.3, -0.25) is 9.59 Å². The second kappa shape index (κ2) is 22.5. The van der Waals surface area contributed by atoms with Gasteiger partial charge in [0.15, 0.2) is 11.6 Å². The molecule has 0 fully saturated rings. The molecule has 0 radical (unpaired) electrons. The molecule has 0 unspecified atom stereocenters. The van der Waals surface area contributed by atoms with Gasteiger partial charge >= 0.3 is 0 Å². The first kappa shape index (κ1) is 58.4. The smallest absolute Gasteiger partial charge is 0.194 e. The van der Waals surface area contributed by atoms with Crippen LogP contribution < -0.4 is 0 Å². The number of hydrogen-bond acceptors (Lipinski definition) is 12. The molecule has 0 saturated carbocycles. The van der Waals surface area contributed by atoms with E-state index in [1.54, 1.807) is 34.8 Å². The van der Waals surface area contributed by atoms with E-state index in [-0.39, 0.29) is 22.7 Å².